The molecule has 0 amide bonds. The molecule has 114 valence electrons. The molecule has 0 aliphatic carbocycles. The molecule has 0 bridgehead atoms. The van der Waals surface area contributed by atoms with Crippen LogP contribution in [0.15, 0.2) is 33.2 Å². The molecule has 0 aliphatic heterocycles. The molecule has 0 heterocycles. The van der Waals surface area contributed by atoms with Gasteiger partial charge in [-0.2, -0.15) is 0 Å². The topological polar surface area (TPSA) is 29.5 Å². The monoisotopic (exact) mass is 454 g/mol. The average molecular weight is 457 g/mol. The molecule has 0 saturated heterocycles. The second kappa shape index (κ2) is 8.28. The van der Waals surface area contributed by atoms with Gasteiger partial charge < -0.3 is 9.84 Å². The molecule has 2 aromatic carbocycles. The molecule has 6 heteroatoms. The molecule has 0 fully saturated rings. The van der Waals surface area contributed by atoms with Crippen LogP contribution in [0.3, 0.4) is 0 Å². The quantitative estimate of drug-likeness (QED) is 0.528. The summed E-state index contributed by atoms with van der Waals surface area (Å²) in [5.74, 6) is 0.903. The van der Waals surface area contributed by atoms with E-state index in [0.717, 1.165) is 25.8 Å². The van der Waals surface area contributed by atoms with Crippen LogP contribution in [-0.4, -0.2) is 12.2 Å². The fraction of sp³-hybridized carbons (Fsp3) is 0.200. The number of ether oxygens (including phenoxy) is 1. The Morgan fingerprint density at radius 3 is 1.81 bits per heavy atom. The number of hydrogen-bond donors (Lipinski definition) is 1. The van der Waals surface area contributed by atoms with E-state index >= 15 is 0 Å². The minimum absolute atomic E-state index is 0.157. The van der Waals surface area contributed by atoms with Gasteiger partial charge in [0.25, 0.3) is 0 Å². The fourth-order valence-electron chi connectivity index (χ4n) is 1.64. The van der Waals surface area contributed by atoms with E-state index in [0.29, 0.717) is 10.0 Å². The van der Waals surface area contributed by atoms with Gasteiger partial charge in [0.15, 0.2) is 0 Å². The van der Waals surface area contributed by atoms with E-state index in [1.807, 2.05) is 19.1 Å². The van der Waals surface area contributed by atoms with Crippen molar-refractivity contribution in [2.75, 3.05) is 7.11 Å². The zero-order valence-electron chi connectivity index (χ0n) is 11.7. The van der Waals surface area contributed by atoms with E-state index in [1.165, 1.54) is 0 Å². The average Bonchev–Trinajstić information content (AvgIpc) is 2.36. The Labute approximate surface area is 151 Å². The molecule has 0 unspecified atom stereocenters. The summed E-state index contributed by atoms with van der Waals surface area (Å²) in [7, 11) is 1.61. The summed E-state index contributed by atoms with van der Waals surface area (Å²) >= 11 is 18.1. The van der Waals surface area contributed by atoms with Crippen LogP contribution in [0.25, 0.3) is 0 Å². The van der Waals surface area contributed by atoms with Gasteiger partial charge in [-0.3, -0.25) is 0 Å². The van der Waals surface area contributed by atoms with Crippen molar-refractivity contribution in [2.24, 2.45) is 0 Å². The van der Waals surface area contributed by atoms with Crippen LogP contribution in [0.5, 0.6) is 11.5 Å². The lowest BCUT2D eigenvalue weighted by Crippen LogP contribution is -1.87. The first-order valence-electron chi connectivity index (χ1n) is 5.90. The highest BCUT2D eigenvalue weighted by molar-refractivity contribution is 9.10. The standard InChI is InChI=1S/C8H8BrClO.C7H6BrClO/c1-5-3-6(9)4-7(10)8(5)11-2;1-4-2-5(8)3-6(9)7(4)10/h3-4H,1-2H3;2-3,10H,1H3. The predicted octanol–water partition coefficient (Wildman–Crippen LogP) is 6.54. The summed E-state index contributed by atoms with van der Waals surface area (Å²) in [5, 5.41) is 10.2. The maximum absolute atomic E-state index is 9.18. The zero-order valence-corrected chi connectivity index (χ0v) is 16.4. The van der Waals surface area contributed by atoms with Crippen molar-refractivity contribution >= 4 is 55.1 Å². The third-order valence-electron chi connectivity index (χ3n) is 2.62. The molecule has 0 atom stereocenters. The summed E-state index contributed by atoms with van der Waals surface area (Å²) in [6.07, 6.45) is 0. The highest BCUT2D eigenvalue weighted by Crippen LogP contribution is 2.31. The minimum atomic E-state index is 0.157. The smallest absolute Gasteiger partial charge is 0.140 e. The number of benzene rings is 2. The van der Waals surface area contributed by atoms with Gasteiger partial charge in [0.05, 0.1) is 17.2 Å². The van der Waals surface area contributed by atoms with Gasteiger partial charge >= 0.3 is 0 Å². The van der Waals surface area contributed by atoms with Crippen LogP contribution < -0.4 is 4.74 Å². The lowest BCUT2D eigenvalue weighted by Gasteiger charge is -2.06. The highest BCUT2D eigenvalue weighted by atomic mass is 79.9. The van der Waals surface area contributed by atoms with Gasteiger partial charge in [-0.25, -0.2) is 0 Å². The van der Waals surface area contributed by atoms with E-state index < -0.39 is 0 Å². The summed E-state index contributed by atoms with van der Waals surface area (Å²) in [6.45, 7) is 3.75. The molecule has 2 aromatic rings. The SMILES string of the molecule is COc1c(C)cc(Br)cc1Cl.Cc1cc(Br)cc(Cl)c1O. The number of methoxy groups -OCH3 is 1. The van der Waals surface area contributed by atoms with Crippen molar-refractivity contribution < 1.29 is 9.84 Å². The molecule has 1 N–H and O–H groups in total. The van der Waals surface area contributed by atoms with Crippen LogP contribution in [0.2, 0.25) is 10.0 Å². The highest BCUT2D eigenvalue weighted by Gasteiger charge is 2.04. The Kier molecular flexibility index (Phi) is 7.34. The molecule has 2 rings (SSSR count). The Balaban J connectivity index is 0.000000211. The van der Waals surface area contributed by atoms with Crippen LogP contribution >= 0.6 is 55.1 Å². The molecule has 0 radical (unpaired) electrons. The first kappa shape index (κ1) is 18.6. The van der Waals surface area contributed by atoms with Crippen LogP contribution in [-0.2, 0) is 0 Å². The Morgan fingerprint density at radius 2 is 1.38 bits per heavy atom. The van der Waals surface area contributed by atoms with Gasteiger partial charge in [-0.15, -0.1) is 0 Å². The van der Waals surface area contributed by atoms with E-state index in [9.17, 15) is 5.11 Å². The number of rotatable bonds is 1. The number of hydrogen-bond acceptors (Lipinski definition) is 2. The summed E-state index contributed by atoms with van der Waals surface area (Å²) in [5.41, 5.74) is 1.81. The third kappa shape index (κ3) is 5.37. The first-order valence-corrected chi connectivity index (χ1v) is 8.24. The summed E-state index contributed by atoms with van der Waals surface area (Å²) < 4.78 is 6.93. The lowest BCUT2D eigenvalue weighted by atomic mass is 10.2. The number of aromatic hydroxyl groups is 1. The maximum atomic E-state index is 9.18. The molecule has 2 nitrogen and oxygen atoms in total. The van der Waals surface area contributed by atoms with Crippen LogP contribution in [0, 0.1) is 13.8 Å². The minimum Gasteiger partial charge on any atom is -0.506 e. The molecule has 0 saturated carbocycles. The fourth-order valence-corrected chi connectivity index (χ4v) is 3.66. The largest absolute Gasteiger partial charge is 0.506 e. The normalized spacial score (nSPS) is 9.86. The first-order chi connectivity index (χ1) is 9.76. The van der Waals surface area contributed by atoms with Crippen molar-refractivity contribution in [2.45, 2.75) is 13.8 Å². The van der Waals surface area contributed by atoms with E-state index in [4.69, 9.17) is 27.9 Å². The number of phenols is 1. The molecule has 0 aromatic heterocycles. The van der Waals surface area contributed by atoms with Gasteiger partial charge in [0.1, 0.15) is 11.5 Å². The van der Waals surface area contributed by atoms with Gasteiger partial charge in [-0.1, -0.05) is 55.1 Å². The summed E-state index contributed by atoms with van der Waals surface area (Å²) in [4.78, 5) is 0. The van der Waals surface area contributed by atoms with Crippen molar-refractivity contribution in [3.05, 3.63) is 54.4 Å². The number of halogens is 4. The van der Waals surface area contributed by atoms with E-state index in [1.54, 1.807) is 26.2 Å². The number of phenolic OH excluding ortho intramolecular Hbond substituents is 1. The van der Waals surface area contributed by atoms with Crippen LogP contribution in [0.1, 0.15) is 11.1 Å². The number of aryl methyl sites for hydroxylation is 2. The Morgan fingerprint density at radius 1 is 0.905 bits per heavy atom. The zero-order chi connectivity index (χ0) is 16.2. The van der Waals surface area contributed by atoms with Crippen molar-refractivity contribution in [3.63, 3.8) is 0 Å². The Hall–Kier alpha value is -0.420. The molecular formula is C15H14Br2Cl2O2. The van der Waals surface area contributed by atoms with E-state index in [-0.39, 0.29) is 5.75 Å². The second-order valence-electron chi connectivity index (χ2n) is 4.29. The molecular weight excluding hydrogens is 443 g/mol. The van der Waals surface area contributed by atoms with Crippen molar-refractivity contribution in [1.82, 2.24) is 0 Å². The Bertz CT molecular complexity index is 600. The van der Waals surface area contributed by atoms with E-state index in [2.05, 4.69) is 31.9 Å². The summed E-state index contributed by atoms with van der Waals surface area (Å²) in [6, 6.07) is 7.24. The second-order valence-corrected chi connectivity index (χ2v) is 6.94. The molecule has 0 spiro atoms. The van der Waals surface area contributed by atoms with Gasteiger partial charge in [0, 0.05) is 8.95 Å². The molecule has 0 aliphatic rings. The lowest BCUT2D eigenvalue weighted by molar-refractivity contribution is 0.412. The predicted molar refractivity (Wildman–Crippen MR) is 96.0 cm³/mol. The van der Waals surface area contributed by atoms with Crippen molar-refractivity contribution in [1.29, 1.82) is 0 Å². The molecule has 21 heavy (non-hydrogen) atoms. The van der Waals surface area contributed by atoms with Gasteiger partial charge in [-0.05, 0) is 49.2 Å². The van der Waals surface area contributed by atoms with Crippen molar-refractivity contribution in [3.8, 4) is 11.5 Å². The maximum Gasteiger partial charge on any atom is 0.140 e. The third-order valence-corrected chi connectivity index (χ3v) is 4.10. The van der Waals surface area contributed by atoms with Crippen LogP contribution in [0.4, 0.5) is 0 Å². The van der Waals surface area contributed by atoms with Gasteiger partial charge in [0.2, 0.25) is 0 Å².